The Balaban J connectivity index is 2.09. The number of nitrogens with zero attached hydrogens (tertiary/aromatic N) is 1. The first kappa shape index (κ1) is 12.0. The molecule has 2 heterocycles. The van der Waals surface area contributed by atoms with Gasteiger partial charge in [0.15, 0.2) is 0 Å². The average Bonchev–Trinajstić information content (AvgIpc) is 2.88. The molecule has 1 atom stereocenters. The van der Waals surface area contributed by atoms with Crippen molar-refractivity contribution in [3.05, 3.63) is 37.9 Å². The molecule has 0 saturated carbocycles. The van der Waals surface area contributed by atoms with E-state index in [0.29, 0.717) is 6.04 Å². The summed E-state index contributed by atoms with van der Waals surface area (Å²) in [6.45, 7) is 3.06. The van der Waals surface area contributed by atoms with Crippen LogP contribution in [-0.2, 0) is 6.42 Å². The Morgan fingerprint density at radius 2 is 2.38 bits per heavy atom. The van der Waals surface area contributed by atoms with Crippen LogP contribution >= 0.6 is 34.3 Å². The summed E-state index contributed by atoms with van der Waals surface area (Å²) in [6, 6.07) is 4.33. The Hall–Kier alpha value is -0.420. The molecule has 0 aromatic carbocycles. The summed E-state index contributed by atoms with van der Waals surface area (Å²) in [5.74, 6) is 0. The Bertz CT molecular complexity index is 425. The van der Waals surface area contributed by atoms with E-state index in [1.807, 2.05) is 11.6 Å². The third-order valence-corrected chi connectivity index (χ3v) is 4.15. The second-order valence-electron chi connectivity index (χ2n) is 3.43. The molecule has 2 aromatic heterocycles. The highest BCUT2D eigenvalue weighted by Crippen LogP contribution is 2.26. The molecule has 0 amide bonds. The molecule has 16 heavy (non-hydrogen) atoms. The molecule has 1 N–H and O–H groups in total. The number of thiophene rings is 1. The van der Waals surface area contributed by atoms with Crippen LogP contribution in [0.4, 0.5) is 0 Å². The van der Waals surface area contributed by atoms with Crippen LogP contribution in [0.2, 0.25) is 4.34 Å². The molecule has 2 rings (SSSR count). The molecule has 0 bridgehead atoms. The van der Waals surface area contributed by atoms with Gasteiger partial charge in [-0.3, -0.25) is 0 Å². The number of hydrogen-bond acceptors (Lipinski definition) is 4. The third-order valence-electron chi connectivity index (χ3n) is 2.29. The van der Waals surface area contributed by atoms with Gasteiger partial charge in [0.05, 0.1) is 21.6 Å². The quantitative estimate of drug-likeness (QED) is 0.897. The first-order valence-electron chi connectivity index (χ1n) is 5.15. The fourth-order valence-corrected chi connectivity index (χ4v) is 3.33. The van der Waals surface area contributed by atoms with Crippen molar-refractivity contribution < 1.29 is 0 Å². The molecule has 0 aliphatic heterocycles. The minimum atomic E-state index is 0.297. The van der Waals surface area contributed by atoms with E-state index >= 15 is 0 Å². The van der Waals surface area contributed by atoms with Gasteiger partial charge < -0.3 is 5.32 Å². The van der Waals surface area contributed by atoms with E-state index in [4.69, 9.17) is 11.6 Å². The predicted molar refractivity (Wildman–Crippen MR) is 71.6 cm³/mol. The second-order valence-corrected chi connectivity index (χ2v) is 5.95. The summed E-state index contributed by atoms with van der Waals surface area (Å²) in [5.41, 5.74) is 3.00. The van der Waals surface area contributed by atoms with Crippen molar-refractivity contribution in [3.63, 3.8) is 0 Å². The van der Waals surface area contributed by atoms with Gasteiger partial charge in [-0.05, 0) is 18.7 Å². The zero-order valence-electron chi connectivity index (χ0n) is 8.94. The number of likely N-dealkylation sites (N-methyl/N-ethyl adjacent to an activating group) is 1. The largest absolute Gasteiger partial charge is 0.309 e. The Labute approximate surface area is 108 Å². The summed E-state index contributed by atoms with van der Waals surface area (Å²) in [5, 5.41) is 5.55. The molecule has 0 saturated heterocycles. The van der Waals surface area contributed by atoms with Crippen molar-refractivity contribution in [2.45, 2.75) is 19.4 Å². The van der Waals surface area contributed by atoms with Crippen LogP contribution in [0.25, 0.3) is 0 Å². The lowest BCUT2D eigenvalue weighted by atomic mass is 10.1. The van der Waals surface area contributed by atoms with Crippen molar-refractivity contribution in [3.8, 4) is 0 Å². The van der Waals surface area contributed by atoms with Gasteiger partial charge in [-0.15, -0.1) is 22.7 Å². The summed E-state index contributed by atoms with van der Waals surface area (Å²) >= 11 is 9.21. The van der Waals surface area contributed by atoms with Crippen molar-refractivity contribution in [1.29, 1.82) is 0 Å². The van der Waals surface area contributed by atoms with E-state index in [0.717, 1.165) is 23.0 Å². The van der Waals surface area contributed by atoms with Crippen LogP contribution in [0.1, 0.15) is 23.5 Å². The van der Waals surface area contributed by atoms with Gasteiger partial charge in [0, 0.05) is 16.7 Å². The molecule has 0 fully saturated rings. The van der Waals surface area contributed by atoms with Gasteiger partial charge in [0.1, 0.15) is 0 Å². The highest BCUT2D eigenvalue weighted by Gasteiger charge is 2.13. The summed E-state index contributed by atoms with van der Waals surface area (Å²) in [6.07, 6.45) is 0.953. The van der Waals surface area contributed by atoms with E-state index in [1.54, 1.807) is 22.7 Å². The second kappa shape index (κ2) is 5.77. The summed E-state index contributed by atoms with van der Waals surface area (Å²) < 4.78 is 0.850. The van der Waals surface area contributed by atoms with Gasteiger partial charge in [-0.2, -0.15) is 0 Å². The predicted octanol–water partition coefficient (Wildman–Crippen LogP) is 3.75. The molecular weight excluding hydrogens is 260 g/mol. The topological polar surface area (TPSA) is 24.9 Å². The van der Waals surface area contributed by atoms with E-state index in [2.05, 4.69) is 28.7 Å². The zero-order chi connectivity index (χ0) is 11.4. The van der Waals surface area contributed by atoms with Crippen LogP contribution in [0.15, 0.2) is 23.0 Å². The highest BCUT2D eigenvalue weighted by atomic mass is 35.5. The van der Waals surface area contributed by atoms with Crippen molar-refractivity contribution in [2.75, 3.05) is 6.54 Å². The SMILES string of the molecule is CCNC(Cc1ccc(Cl)s1)c1cscn1. The first-order chi connectivity index (χ1) is 7.79. The molecule has 5 heteroatoms. The summed E-state index contributed by atoms with van der Waals surface area (Å²) in [4.78, 5) is 5.66. The molecule has 1 unspecified atom stereocenters. The smallest absolute Gasteiger partial charge is 0.0931 e. The maximum Gasteiger partial charge on any atom is 0.0931 e. The van der Waals surface area contributed by atoms with Crippen molar-refractivity contribution >= 4 is 34.3 Å². The first-order valence-corrected chi connectivity index (χ1v) is 7.29. The number of aromatic nitrogens is 1. The average molecular weight is 273 g/mol. The third kappa shape index (κ3) is 3.04. The maximum atomic E-state index is 5.93. The van der Waals surface area contributed by atoms with Crippen LogP contribution in [0.5, 0.6) is 0 Å². The standard InChI is InChI=1S/C11H13ClN2S2/c1-2-13-9(10-6-15-7-14-10)5-8-3-4-11(12)16-8/h3-4,6-7,9,13H,2,5H2,1H3. The molecule has 2 aromatic rings. The zero-order valence-corrected chi connectivity index (χ0v) is 11.3. The van der Waals surface area contributed by atoms with Crippen molar-refractivity contribution in [1.82, 2.24) is 10.3 Å². The minimum Gasteiger partial charge on any atom is -0.309 e. The van der Waals surface area contributed by atoms with Crippen LogP contribution in [0.3, 0.4) is 0 Å². The highest BCUT2D eigenvalue weighted by molar-refractivity contribution is 7.16. The van der Waals surface area contributed by atoms with Gasteiger partial charge in [-0.1, -0.05) is 18.5 Å². The van der Waals surface area contributed by atoms with Gasteiger partial charge in [0.25, 0.3) is 0 Å². The summed E-state index contributed by atoms with van der Waals surface area (Å²) in [7, 11) is 0. The van der Waals surface area contributed by atoms with Gasteiger partial charge in [0.2, 0.25) is 0 Å². The van der Waals surface area contributed by atoms with E-state index < -0.39 is 0 Å². The fraction of sp³-hybridized carbons (Fsp3) is 0.364. The van der Waals surface area contributed by atoms with E-state index in [-0.39, 0.29) is 0 Å². The van der Waals surface area contributed by atoms with E-state index in [9.17, 15) is 0 Å². The lowest BCUT2D eigenvalue weighted by Gasteiger charge is -2.14. The van der Waals surface area contributed by atoms with Crippen LogP contribution < -0.4 is 5.32 Å². The maximum absolute atomic E-state index is 5.93. The number of nitrogens with one attached hydrogen (secondary N) is 1. The minimum absolute atomic E-state index is 0.297. The fourth-order valence-electron chi connectivity index (χ4n) is 1.58. The van der Waals surface area contributed by atoms with Gasteiger partial charge in [-0.25, -0.2) is 4.98 Å². The van der Waals surface area contributed by atoms with Crippen LogP contribution in [0, 0.1) is 0 Å². The molecule has 0 aliphatic rings. The lowest BCUT2D eigenvalue weighted by molar-refractivity contribution is 0.542. The molecule has 86 valence electrons. The number of rotatable bonds is 5. The van der Waals surface area contributed by atoms with Crippen molar-refractivity contribution in [2.24, 2.45) is 0 Å². The number of halogens is 1. The Kier molecular flexibility index (Phi) is 4.35. The lowest BCUT2D eigenvalue weighted by Crippen LogP contribution is -2.22. The molecule has 0 spiro atoms. The molecule has 2 nitrogen and oxygen atoms in total. The normalized spacial score (nSPS) is 12.9. The molecule has 0 aliphatic carbocycles. The molecule has 0 radical (unpaired) electrons. The number of thiazole rings is 1. The van der Waals surface area contributed by atoms with Crippen LogP contribution in [-0.4, -0.2) is 11.5 Å². The van der Waals surface area contributed by atoms with E-state index in [1.165, 1.54) is 4.88 Å². The molecular formula is C11H13ClN2S2. The Morgan fingerprint density at radius 3 is 2.94 bits per heavy atom. The van der Waals surface area contributed by atoms with Gasteiger partial charge >= 0.3 is 0 Å². The monoisotopic (exact) mass is 272 g/mol. The number of hydrogen-bond donors (Lipinski definition) is 1. The Morgan fingerprint density at radius 1 is 1.50 bits per heavy atom.